The highest BCUT2D eigenvalue weighted by atomic mass is 16.3. The standard InChI is InChI=1S/C35H39N5O7/c41-27(33(44)36-24-7-8-24)10-9-25(37-34(45)29-17-21-4-1-2-6-28(21)47-29)32(43)38-26-5-3-11-40(35(26)46)18-30(42)39-31-22-13-19-12-20(15-22)16-23(31)14-19/h1-6,11,17,19-20,22-25,31H,7-10,12-16,18H2,(H,36,44)(H,37,45)(H,38,43)(H,39,42)/t19?,20?,22?,23?,25-,31?/m0/s1. The van der Waals surface area contributed by atoms with E-state index in [4.69, 9.17) is 4.42 Å². The van der Waals surface area contributed by atoms with Crippen molar-refractivity contribution in [2.75, 3.05) is 5.32 Å². The summed E-state index contributed by atoms with van der Waals surface area (Å²) in [6, 6.07) is 10.4. The molecule has 246 valence electrons. The van der Waals surface area contributed by atoms with Crippen LogP contribution in [0.25, 0.3) is 11.0 Å². The fraction of sp³-hybridized carbons (Fsp3) is 0.486. The average molecular weight is 642 g/mol. The fourth-order valence-electron chi connectivity index (χ4n) is 8.00. The van der Waals surface area contributed by atoms with Gasteiger partial charge in [-0.2, -0.15) is 0 Å². The van der Waals surface area contributed by atoms with Gasteiger partial charge in [0.05, 0.1) is 0 Å². The van der Waals surface area contributed by atoms with Crippen molar-refractivity contribution in [3.63, 3.8) is 0 Å². The minimum absolute atomic E-state index is 0.00600. The Morgan fingerprint density at radius 2 is 1.62 bits per heavy atom. The van der Waals surface area contributed by atoms with E-state index >= 15 is 0 Å². The van der Waals surface area contributed by atoms with Gasteiger partial charge in [0, 0.05) is 30.1 Å². The molecule has 8 rings (SSSR count). The van der Waals surface area contributed by atoms with Crippen LogP contribution in [-0.4, -0.2) is 52.1 Å². The van der Waals surface area contributed by atoms with Crippen LogP contribution in [0.4, 0.5) is 5.69 Å². The Bertz CT molecular complexity index is 1730. The predicted molar refractivity (Wildman–Crippen MR) is 171 cm³/mol. The smallest absolute Gasteiger partial charge is 0.287 e. The van der Waals surface area contributed by atoms with E-state index in [2.05, 4.69) is 21.3 Å². The number of fused-ring (bicyclic) bond motifs is 1. The third kappa shape index (κ3) is 6.86. The number of ketones is 1. The molecule has 3 aromatic rings. The number of Topliss-reactive ketones (excluding diaryl/α,β-unsaturated/α-hetero) is 1. The molecular weight excluding hydrogens is 602 g/mol. The van der Waals surface area contributed by atoms with Crippen LogP contribution in [-0.2, 0) is 25.7 Å². The monoisotopic (exact) mass is 641 g/mol. The topological polar surface area (TPSA) is 169 Å². The lowest BCUT2D eigenvalue weighted by molar-refractivity contribution is -0.138. The van der Waals surface area contributed by atoms with E-state index in [1.165, 1.54) is 29.3 Å². The Morgan fingerprint density at radius 3 is 2.32 bits per heavy atom. The molecule has 1 aromatic carbocycles. The number of benzene rings is 1. The predicted octanol–water partition coefficient (Wildman–Crippen LogP) is 2.90. The number of furan rings is 1. The van der Waals surface area contributed by atoms with Crippen LogP contribution in [0.5, 0.6) is 0 Å². The SMILES string of the molecule is O=C(Cn1cccc(NC(=O)[C@H](CCC(=O)C(=O)NC2CC2)NC(=O)c2cc3ccccc3o2)c1=O)NC1C2CC3CC(C2)CC1C3. The zero-order valence-corrected chi connectivity index (χ0v) is 26.0. The second-order valence-corrected chi connectivity index (χ2v) is 13.8. The van der Waals surface area contributed by atoms with E-state index in [-0.39, 0.29) is 48.8 Å². The van der Waals surface area contributed by atoms with Gasteiger partial charge in [-0.05, 0) is 99.3 Å². The Hall–Kier alpha value is -4.74. The molecule has 5 saturated carbocycles. The van der Waals surface area contributed by atoms with Gasteiger partial charge in [-0.25, -0.2) is 0 Å². The number of hydrogen-bond acceptors (Lipinski definition) is 7. The summed E-state index contributed by atoms with van der Waals surface area (Å²) >= 11 is 0. The van der Waals surface area contributed by atoms with Crippen molar-refractivity contribution in [3.8, 4) is 0 Å². The molecule has 0 unspecified atom stereocenters. The highest BCUT2D eigenvalue weighted by Gasteiger charge is 2.48. The number of carbonyl (C=O) groups excluding carboxylic acids is 5. The molecule has 0 radical (unpaired) electrons. The molecule has 5 aliphatic rings. The third-order valence-electron chi connectivity index (χ3n) is 10.2. The number of nitrogens with zero attached hydrogens (tertiary/aromatic N) is 1. The first kappa shape index (κ1) is 30.9. The van der Waals surface area contributed by atoms with Gasteiger partial charge in [-0.15, -0.1) is 0 Å². The van der Waals surface area contributed by atoms with Crippen molar-refractivity contribution in [2.45, 2.75) is 82.5 Å². The minimum atomic E-state index is -1.28. The zero-order chi connectivity index (χ0) is 32.7. The highest BCUT2D eigenvalue weighted by Crippen LogP contribution is 2.53. The van der Waals surface area contributed by atoms with Gasteiger partial charge in [0.15, 0.2) is 5.76 Å². The van der Waals surface area contributed by atoms with Gasteiger partial charge in [-0.3, -0.25) is 28.8 Å². The van der Waals surface area contributed by atoms with Crippen molar-refractivity contribution >= 4 is 46.1 Å². The lowest BCUT2D eigenvalue weighted by atomic mass is 9.54. The van der Waals surface area contributed by atoms with Crippen molar-refractivity contribution in [2.24, 2.45) is 23.7 Å². The molecule has 4 bridgehead atoms. The maximum atomic E-state index is 13.5. The van der Waals surface area contributed by atoms with Gasteiger partial charge in [-0.1, -0.05) is 18.2 Å². The normalized spacial score (nSPS) is 24.8. The van der Waals surface area contributed by atoms with E-state index in [0.717, 1.165) is 50.4 Å². The Balaban J connectivity index is 1.02. The molecule has 2 heterocycles. The Labute approximate surface area is 271 Å². The molecule has 0 aliphatic heterocycles. The average Bonchev–Trinajstić information content (AvgIpc) is 3.75. The fourth-order valence-corrected chi connectivity index (χ4v) is 8.00. The Kier molecular flexibility index (Phi) is 8.42. The van der Waals surface area contributed by atoms with E-state index in [1.807, 2.05) is 0 Å². The van der Waals surface area contributed by atoms with Crippen LogP contribution >= 0.6 is 0 Å². The first-order valence-corrected chi connectivity index (χ1v) is 16.6. The van der Waals surface area contributed by atoms with Gasteiger partial charge in [0.1, 0.15) is 23.9 Å². The van der Waals surface area contributed by atoms with Crippen molar-refractivity contribution in [3.05, 3.63) is 64.8 Å². The third-order valence-corrected chi connectivity index (χ3v) is 10.2. The van der Waals surface area contributed by atoms with Crippen LogP contribution in [0.2, 0.25) is 0 Å². The summed E-state index contributed by atoms with van der Waals surface area (Å²) in [7, 11) is 0. The molecule has 5 aliphatic carbocycles. The maximum Gasteiger partial charge on any atom is 0.287 e. The van der Waals surface area contributed by atoms with Crippen molar-refractivity contribution in [1.82, 2.24) is 20.5 Å². The number of aromatic nitrogens is 1. The van der Waals surface area contributed by atoms with Crippen molar-refractivity contribution in [1.29, 1.82) is 0 Å². The van der Waals surface area contributed by atoms with Crippen LogP contribution in [0, 0.1) is 23.7 Å². The summed E-state index contributed by atoms with van der Waals surface area (Å²) in [5.74, 6) is -0.611. The first-order chi connectivity index (χ1) is 22.7. The largest absolute Gasteiger partial charge is 0.451 e. The summed E-state index contributed by atoms with van der Waals surface area (Å²) in [6.07, 6.45) is 8.57. The summed E-state index contributed by atoms with van der Waals surface area (Å²) < 4.78 is 6.88. The molecular formula is C35H39N5O7. The van der Waals surface area contributed by atoms with Crippen LogP contribution in [0.3, 0.4) is 0 Å². The van der Waals surface area contributed by atoms with Crippen LogP contribution in [0.15, 0.2) is 57.9 Å². The molecule has 4 amide bonds. The molecule has 12 heteroatoms. The lowest BCUT2D eigenvalue weighted by Gasteiger charge is -2.54. The number of hydrogen-bond donors (Lipinski definition) is 4. The highest BCUT2D eigenvalue weighted by molar-refractivity contribution is 6.36. The van der Waals surface area contributed by atoms with Gasteiger partial charge < -0.3 is 30.3 Å². The van der Waals surface area contributed by atoms with Crippen LogP contribution < -0.4 is 26.8 Å². The molecule has 0 saturated heterocycles. The van der Waals surface area contributed by atoms with Crippen LogP contribution in [0.1, 0.15) is 68.3 Å². The first-order valence-electron chi connectivity index (χ1n) is 16.6. The number of rotatable bonds is 12. The number of para-hydroxylation sites is 1. The van der Waals surface area contributed by atoms with E-state index in [1.54, 1.807) is 30.3 Å². The van der Waals surface area contributed by atoms with E-state index < -0.39 is 35.1 Å². The zero-order valence-electron chi connectivity index (χ0n) is 26.0. The lowest BCUT2D eigenvalue weighted by Crippen LogP contribution is -2.56. The maximum absolute atomic E-state index is 13.5. The molecule has 5 fully saturated rings. The summed E-state index contributed by atoms with van der Waals surface area (Å²) in [5, 5.41) is 11.7. The van der Waals surface area contributed by atoms with Gasteiger partial charge in [0.2, 0.25) is 17.6 Å². The van der Waals surface area contributed by atoms with Gasteiger partial charge in [0.25, 0.3) is 17.4 Å². The number of pyridine rings is 1. The second kappa shape index (κ2) is 12.8. The number of carbonyl (C=O) groups is 5. The molecule has 4 N–H and O–H groups in total. The minimum Gasteiger partial charge on any atom is -0.451 e. The summed E-state index contributed by atoms with van der Waals surface area (Å²) in [6.45, 7) is -0.192. The number of anilines is 1. The Morgan fingerprint density at radius 1 is 0.894 bits per heavy atom. The van der Waals surface area contributed by atoms with E-state index in [0.29, 0.717) is 22.8 Å². The number of amides is 4. The quantitative estimate of drug-likeness (QED) is 0.221. The number of nitrogens with one attached hydrogen (secondary N) is 4. The molecule has 0 spiro atoms. The molecule has 12 nitrogen and oxygen atoms in total. The van der Waals surface area contributed by atoms with Gasteiger partial charge >= 0.3 is 0 Å². The summed E-state index contributed by atoms with van der Waals surface area (Å²) in [5.41, 5.74) is -0.174. The molecule has 2 aromatic heterocycles. The van der Waals surface area contributed by atoms with Crippen molar-refractivity contribution < 1.29 is 28.4 Å². The second-order valence-electron chi connectivity index (χ2n) is 13.8. The van der Waals surface area contributed by atoms with E-state index in [9.17, 15) is 28.8 Å². The molecule has 1 atom stereocenters. The summed E-state index contributed by atoms with van der Waals surface area (Å²) in [4.78, 5) is 77.9. The molecule has 47 heavy (non-hydrogen) atoms.